The molecule has 1 aliphatic heterocycles. The van der Waals surface area contributed by atoms with Crippen molar-refractivity contribution in [1.82, 2.24) is 29.6 Å². The Morgan fingerprint density at radius 1 is 1.00 bits per heavy atom. The lowest BCUT2D eigenvalue weighted by Gasteiger charge is -2.35. The summed E-state index contributed by atoms with van der Waals surface area (Å²) in [5.41, 5.74) is 4.55. The van der Waals surface area contributed by atoms with Crippen LogP contribution in [0.2, 0.25) is 0 Å². The maximum Gasteiger partial charge on any atom is 0.229 e. The topological polar surface area (TPSA) is 76.1 Å². The molecule has 0 spiro atoms. The van der Waals surface area contributed by atoms with Crippen molar-refractivity contribution >= 4 is 27.8 Å². The normalized spacial score (nSPS) is 14.8. The molecule has 0 saturated carbocycles. The molecule has 196 valence electrons. The van der Waals surface area contributed by atoms with E-state index in [4.69, 9.17) is 14.5 Å². The van der Waals surface area contributed by atoms with Gasteiger partial charge in [0.2, 0.25) is 11.7 Å². The Hall–Kier alpha value is -3.92. The molecule has 1 fully saturated rings. The summed E-state index contributed by atoms with van der Waals surface area (Å²) in [6.45, 7) is 8.16. The van der Waals surface area contributed by atoms with E-state index in [2.05, 4.69) is 30.6 Å². The molecule has 10 heteroatoms. The average Bonchev–Trinajstić information content (AvgIpc) is 3.54. The molecule has 1 aliphatic rings. The monoisotopic (exact) mass is 517 g/mol. The minimum Gasteiger partial charge on any atom is -0.352 e. The number of hydrogen-bond acceptors (Lipinski definition) is 7. The summed E-state index contributed by atoms with van der Waals surface area (Å²) in [5, 5.41) is 5.23. The Kier molecular flexibility index (Phi) is 6.27. The van der Waals surface area contributed by atoms with Crippen LogP contribution in [-0.2, 0) is 13.5 Å². The highest BCUT2D eigenvalue weighted by Gasteiger charge is 2.25. The van der Waals surface area contributed by atoms with Crippen molar-refractivity contribution in [3.8, 4) is 11.4 Å². The molecule has 1 saturated heterocycles. The van der Waals surface area contributed by atoms with Crippen molar-refractivity contribution in [2.45, 2.75) is 26.2 Å². The van der Waals surface area contributed by atoms with Gasteiger partial charge in [0.1, 0.15) is 17.4 Å². The van der Waals surface area contributed by atoms with Crippen molar-refractivity contribution in [1.29, 1.82) is 0 Å². The van der Waals surface area contributed by atoms with Gasteiger partial charge in [-0.1, -0.05) is 37.2 Å². The smallest absolute Gasteiger partial charge is 0.229 e. The van der Waals surface area contributed by atoms with Crippen molar-refractivity contribution < 1.29 is 13.3 Å². The summed E-state index contributed by atoms with van der Waals surface area (Å²) in [4.78, 5) is 18.7. The zero-order valence-electron chi connectivity index (χ0n) is 21.7. The third-order valence-corrected chi connectivity index (χ3v) is 7.33. The zero-order chi connectivity index (χ0) is 26.4. The van der Waals surface area contributed by atoms with E-state index in [9.17, 15) is 8.78 Å². The number of aryl methyl sites for hydroxylation is 1. The Labute approximate surface area is 218 Å². The van der Waals surface area contributed by atoms with E-state index in [1.54, 1.807) is 12.4 Å². The fraction of sp³-hybridized carbons (Fsp3) is 0.357. The summed E-state index contributed by atoms with van der Waals surface area (Å²) in [5.74, 6) is 0.606. The van der Waals surface area contributed by atoms with Crippen LogP contribution < -0.4 is 4.90 Å². The third-order valence-electron chi connectivity index (χ3n) is 7.33. The maximum atomic E-state index is 13.6. The molecule has 3 aromatic heterocycles. The van der Waals surface area contributed by atoms with Gasteiger partial charge in [-0.3, -0.25) is 4.90 Å². The van der Waals surface area contributed by atoms with E-state index in [0.29, 0.717) is 18.1 Å². The number of piperazine rings is 1. The van der Waals surface area contributed by atoms with E-state index in [1.807, 2.05) is 33.0 Å². The number of aromatic nitrogens is 5. The Balaban J connectivity index is 1.26. The molecule has 8 nitrogen and oxygen atoms in total. The molecule has 38 heavy (non-hydrogen) atoms. The average molecular weight is 518 g/mol. The summed E-state index contributed by atoms with van der Waals surface area (Å²) in [7, 11) is 2.04. The molecule has 0 radical (unpaired) electrons. The van der Waals surface area contributed by atoms with Crippen molar-refractivity contribution in [3.05, 3.63) is 65.8 Å². The molecule has 0 amide bonds. The number of anilines is 1. The second kappa shape index (κ2) is 9.75. The van der Waals surface area contributed by atoms with Gasteiger partial charge in [0.15, 0.2) is 17.5 Å². The number of fused-ring (bicyclic) bond motifs is 3. The molecule has 5 aromatic rings. The standard InChI is InChI=1S/C28H29F2N7O/c1-17(2)28-33-26(34-38-28)19-5-4-6-22-23(19)24-25(35(22)3)27(32-16-31-24)37-13-11-36(12-14-37)10-9-18-7-8-20(29)21(30)15-18/h4-8,15-17H,9-14H2,1-3H3. The van der Waals surface area contributed by atoms with E-state index < -0.39 is 11.6 Å². The van der Waals surface area contributed by atoms with E-state index >= 15 is 0 Å². The number of nitrogens with zero attached hydrogens (tertiary/aromatic N) is 7. The lowest BCUT2D eigenvalue weighted by atomic mass is 10.1. The first kappa shape index (κ1) is 24.4. The van der Waals surface area contributed by atoms with E-state index in [0.717, 1.165) is 71.6 Å². The molecule has 6 rings (SSSR count). The molecule has 0 atom stereocenters. The lowest BCUT2D eigenvalue weighted by molar-refractivity contribution is 0.260. The van der Waals surface area contributed by atoms with Gasteiger partial charge in [-0.05, 0) is 30.2 Å². The van der Waals surface area contributed by atoms with Crippen LogP contribution in [-0.4, -0.2) is 62.3 Å². The van der Waals surface area contributed by atoms with Gasteiger partial charge >= 0.3 is 0 Å². The third kappa shape index (κ3) is 4.28. The molecule has 0 bridgehead atoms. The van der Waals surface area contributed by atoms with Gasteiger partial charge in [0.05, 0.1) is 5.52 Å². The molecule has 0 aliphatic carbocycles. The summed E-state index contributed by atoms with van der Waals surface area (Å²) in [6.07, 6.45) is 2.30. The molecular formula is C28H29F2N7O. The van der Waals surface area contributed by atoms with Gasteiger partial charge < -0.3 is 14.0 Å². The molecule has 0 N–H and O–H groups in total. The van der Waals surface area contributed by atoms with Crippen molar-refractivity contribution in [2.24, 2.45) is 7.05 Å². The first-order valence-corrected chi connectivity index (χ1v) is 12.9. The van der Waals surface area contributed by atoms with Crippen LogP contribution in [0.25, 0.3) is 33.3 Å². The van der Waals surface area contributed by atoms with Crippen molar-refractivity contribution in [3.63, 3.8) is 0 Å². The second-order valence-electron chi connectivity index (χ2n) is 10.1. The number of hydrogen-bond donors (Lipinski definition) is 0. The molecular weight excluding hydrogens is 488 g/mol. The van der Waals surface area contributed by atoms with Crippen LogP contribution in [0.5, 0.6) is 0 Å². The fourth-order valence-electron chi connectivity index (χ4n) is 5.21. The summed E-state index contributed by atoms with van der Waals surface area (Å²) in [6, 6.07) is 10.2. The molecule has 0 unspecified atom stereocenters. The number of rotatable bonds is 6. The molecule has 4 heterocycles. The first-order chi connectivity index (χ1) is 18.4. The van der Waals surface area contributed by atoms with Crippen LogP contribution in [0.15, 0.2) is 47.2 Å². The van der Waals surface area contributed by atoms with E-state index in [1.165, 1.54) is 12.1 Å². The van der Waals surface area contributed by atoms with E-state index in [-0.39, 0.29) is 5.92 Å². The van der Waals surface area contributed by atoms with Gasteiger partial charge in [-0.15, -0.1) is 0 Å². The van der Waals surface area contributed by atoms with Gasteiger partial charge in [-0.2, -0.15) is 4.98 Å². The highest BCUT2D eigenvalue weighted by molar-refractivity contribution is 6.14. The quantitative estimate of drug-likeness (QED) is 0.316. The number of halogens is 2. The maximum absolute atomic E-state index is 13.6. The first-order valence-electron chi connectivity index (χ1n) is 12.9. The zero-order valence-corrected chi connectivity index (χ0v) is 21.7. The van der Waals surface area contributed by atoms with Crippen LogP contribution in [0.1, 0.15) is 31.2 Å². The van der Waals surface area contributed by atoms with Crippen LogP contribution in [0.4, 0.5) is 14.6 Å². The minimum absolute atomic E-state index is 0.146. The van der Waals surface area contributed by atoms with Gasteiger partial charge in [0.25, 0.3) is 0 Å². The predicted molar refractivity (Wildman–Crippen MR) is 142 cm³/mol. The van der Waals surface area contributed by atoms with Crippen LogP contribution in [0.3, 0.4) is 0 Å². The second-order valence-corrected chi connectivity index (χ2v) is 10.1. The summed E-state index contributed by atoms with van der Waals surface area (Å²) < 4.78 is 34.4. The summed E-state index contributed by atoms with van der Waals surface area (Å²) >= 11 is 0. The van der Waals surface area contributed by atoms with Crippen LogP contribution in [0, 0.1) is 11.6 Å². The fourth-order valence-corrected chi connectivity index (χ4v) is 5.21. The minimum atomic E-state index is -0.809. The SMILES string of the molecule is CC(C)c1nc(-c2cccc3c2c2ncnc(N4CCN(CCc5ccc(F)c(F)c5)CC4)c2n3C)no1. The van der Waals surface area contributed by atoms with Crippen LogP contribution >= 0.6 is 0 Å². The largest absolute Gasteiger partial charge is 0.352 e. The Bertz CT molecular complexity index is 1620. The Morgan fingerprint density at radius 2 is 1.82 bits per heavy atom. The Morgan fingerprint density at radius 3 is 2.55 bits per heavy atom. The molecule has 2 aromatic carbocycles. The van der Waals surface area contributed by atoms with Gasteiger partial charge in [0, 0.05) is 56.6 Å². The number of benzene rings is 2. The highest BCUT2D eigenvalue weighted by atomic mass is 19.2. The predicted octanol–water partition coefficient (Wildman–Crippen LogP) is 4.94. The lowest BCUT2D eigenvalue weighted by Crippen LogP contribution is -2.47. The highest BCUT2D eigenvalue weighted by Crippen LogP contribution is 2.37. The van der Waals surface area contributed by atoms with Gasteiger partial charge in [-0.25, -0.2) is 18.7 Å². The van der Waals surface area contributed by atoms with Crippen molar-refractivity contribution in [2.75, 3.05) is 37.6 Å².